The van der Waals surface area contributed by atoms with Gasteiger partial charge in [0.1, 0.15) is 0 Å². The van der Waals surface area contributed by atoms with Gasteiger partial charge >= 0.3 is 0 Å². The second-order valence-corrected chi connectivity index (χ2v) is 8.90. The Morgan fingerprint density at radius 1 is 0.654 bits per heavy atom. The molecule has 1 heterocycles. The largest absolute Gasteiger partial charge is 0.236 e. The molecule has 0 bridgehead atoms. The Kier molecular flexibility index (Phi) is 4.70. The van der Waals surface area contributed by atoms with E-state index in [4.69, 9.17) is 9.97 Å². The molecule has 3 aromatic rings. The van der Waals surface area contributed by atoms with E-state index in [1.807, 2.05) is 12.3 Å². The second kappa shape index (κ2) is 6.68. The van der Waals surface area contributed by atoms with Crippen molar-refractivity contribution in [2.75, 3.05) is 0 Å². The van der Waals surface area contributed by atoms with Crippen molar-refractivity contribution in [3.8, 4) is 22.5 Å². The van der Waals surface area contributed by atoms with Crippen molar-refractivity contribution >= 4 is 0 Å². The first-order valence-corrected chi connectivity index (χ1v) is 9.20. The lowest BCUT2D eigenvalue weighted by atomic mass is 9.79. The molecule has 0 N–H and O–H groups in total. The van der Waals surface area contributed by atoms with Crippen LogP contribution < -0.4 is 0 Å². The highest BCUT2D eigenvalue weighted by Gasteiger charge is 2.27. The second-order valence-electron chi connectivity index (χ2n) is 8.90. The molecule has 0 radical (unpaired) electrons. The topological polar surface area (TPSA) is 25.8 Å². The van der Waals surface area contributed by atoms with Gasteiger partial charge < -0.3 is 0 Å². The van der Waals surface area contributed by atoms with Crippen LogP contribution in [-0.2, 0) is 10.8 Å². The molecular weight excluding hydrogens is 316 g/mol. The smallest absolute Gasteiger partial charge is 0.159 e. The molecule has 0 saturated carbocycles. The third-order valence-electron chi connectivity index (χ3n) is 4.54. The fourth-order valence-corrected chi connectivity index (χ4v) is 3.11. The highest BCUT2D eigenvalue weighted by atomic mass is 14.9. The van der Waals surface area contributed by atoms with E-state index in [0.29, 0.717) is 0 Å². The van der Waals surface area contributed by atoms with Crippen LogP contribution in [-0.4, -0.2) is 9.97 Å². The van der Waals surface area contributed by atoms with E-state index in [0.717, 1.165) is 17.1 Å². The van der Waals surface area contributed by atoms with E-state index in [1.165, 1.54) is 16.7 Å². The summed E-state index contributed by atoms with van der Waals surface area (Å²) < 4.78 is 0. The lowest BCUT2D eigenvalue weighted by Gasteiger charge is -2.28. The van der Waals surface area contributed by atoms with Gasteiger partial charge in [0.05, 0.1) is 5.69 Å². The maximum absolute atomic E-state index is 5.00. The molecule has 0 atom stereocenters. The van der Waals surface area contributed by atoms with Gasteiger partial charge in [-0.3, -0.25) is 0 Å². The number of hydrogen-bond acceptors (Lipinski definition) is 2. The number of hydrogen-bond donors (Lipinski definition) is 0. The summed E-state index contributed by atoms with van der Waals surface area (Å²) in [5.74, 6) is 0.792. The standard InChI is InChI=1S/C24H28N2/c1-23(2,3)20-16-25-22(26-21(20)24(4,5)6)19-14-10-13-18(15-19)17-11-8-7-9-12-17/h7-16H,1-6H3. The molecular formula is C24H28N2. The minimum absolute atomic E-state index is 0.0209. The fourth-order valence-electron chi connectivity index (χ4n) is 3.11. The summed E-state index contributed by atoms with van der Waals surface area (Å²) in [6, 6.07) is 18.9. The zero-order chi connectivity index (χ0) is 18.9. The minimum Gasteiger partial charge on any atom is -0.236 e. The Balaban J connectivity index is 2.11. The quantitative estimate of drug-likeness (QED) is 0.537. The van der Waals surface area contributed by atoms with Crippen molar-refractivity contribution in [1.29, 1.82) is 0 Å². The summed E-state index contributed by atoms with van der Waals surface area (Å²) in [6.45, 7) is 13.3. The van der Waals surface area contributed by atoms with E-state index in [-0.39, 0.29) is 10.8 Å². The molecule has 3 rings (SSSR count). The van der Waals surface area contributed by atoms with E-state index >= 15 is 0 Å². The molecule has 1 aromatic heterocycles. The van der Waals surface area contributed by atoms with Crippen molar-refractivity contribution in [2.24, 2.45) is 0 Å². The summed E-state index contributed by atoms with van der Waals surface area (Å²) in [5, 5.41) is 0. The summed E-state index contributed by atoms with van der Waals surface area (Å²) in [4.78, 5) is 9.72. The van der Waals surface area contributed by atoms with Crippen LogP contribution in [0.2, 0.25) is 0 Å². The van der Waals surface area contributed by atoms with E-state index in [9.17, 15) is 0 Å². The molecule has 0 saturated heterocycles. The molecule has 0 spiro atoms. The lowest BCUT2D eigenvalue weighted by molar-refractivity contribution is 0.511. The SMILES string of the molecule is CC(C)(C)c1cnc(-c2cccc(-c3ccccc3)c2)nc1C(C)(C)C. The molecule has 0 aliphatic carbocycles. The Bertz CT molecular complexity index is 897. The van der Waals surface area contributed by atoms with Crippen molar-refractivity contribution in [3.05, 3.63) is 72.1 Å². The number of rotatable bonds is 2. The van der Waals surface area contributed by atoms with Gasteiger partial charge in [0.15, 0.2) is 5.82 Å². The van der Waals surface area contributed by atoms with E-state index < -0.39 is 0 Å². The molecule has 0 unspecified atom stereocenters. The zero-order valence-electron chi connectivity index (χ0n) is 16.7. The van der Waals surface area contributed by atoms with Crippen LogP contribution in [0.25, 0.3) is 22.5 Å². The van der Waals surface area contributed by atoms with Crippen LogP contribution >= 0.6 is 0 Å². The van der Waals surface area contributed by atoms with Crippen molar-refractivity contribution in [2.45, 2.75) is 52.4 Å². The predicted molar refractivity (Wildman–Crippen MR) is 110 cm³/mol. The van der Waals surface area contributed by atoms with Gasteiger partial charge in [-0.2, -0.15) is 0 Å². The van der Waals surface area contributed by atoms with Crippen LogP contribution in [0.3, 0.4) is 0 Å². The zero-order valence-corrected chi connectivity index (χ0v) is 16.7. The number of benzene rings is 2. The maximum Gasteiger partial charge on any atom is 0.159 e. The first-order chi connectivity index (χ1) is 12.2. The van der Waals surface area contributed by atoms with Crippen LogP contribution in [0.4, 0.5) is 0 Å². The predicted octanol–water partition coefficient (Wildman–Crippen LogP) is 6.41. The summed E-state index contributed by atoms with van der Waals surface area (Å²) >= 11 is 0. The van der Waals surface area contributed by atoms with Crippen molar-refractivity contribution < 1.29 is 0 Å². The molecule has 0 amide bonds. The molecule has 0 fully saturated rings. The van der Waals surface area contributed by atoms with E-state index in [1.54, 1.807) is 0 Å². The molecule has 134 valence electrons. The van der Waals surface area contributed by atoms with Gasteiger partial charge in [0.25, 0.3) is 0 Å². The molecule has 2 aromatic carbocycles. The van der Waals surface area contributed by atoms with Gasteiger partial charge in [-0.1, -0.05) is 90.1 Å². The maximum atomic E-state index is 5.00. The van der Waals surface area contributed by atoms with Gasteiger partial charge in [0, 0.05) is 17.2 Å². The Morgan fingerprint density at radius 2 is 1.27 bits per heavy atom. The highest BCUT2D eigenvalue weighted by molar-refractivity contribution is 5.70. The minimum atomic E-state index is -0.0304. The average molecular weight is 345 g/mol. The molecule has 0 aliphatic heterocycles. The first kappa shape index (κ1) is 18.3. The summed E-state index contributed by atoms with van der Waals surface area (Å²) in [6.07, 6.45) is 2.01. The fraction of sp³-hybridized carbons (Fsp3) is 0.333. The number of nitrogens with zero attached hydrogens (tertiary/aromatic N) is 2. The lowest BCUT2D eigenvalue weighted by Crippen LogP contribution is -2.24. The third kappa shape index (κ3) is 3.85. The number of aromatic nitrogens is 2. The molecule has 0 aliphatic rings. The molecule has 2 heteroatoms. The summed E-state index contributed by atoms with van der Waals surface area (Å²) in [7, 11) is 0. The van der Waals surface area contributed by atoms with Crippen molar-refractivity contribution in [3.63, 3.8) is 0 Å². The highest BCUT2D eigenvalue weighted by Crippen LogP contribution is 2.33. The first-order valence-electron chi connectivity index (χ1n) is 9.20. The third-order valence-corrected chi connectivity index (χ3v) is 4.54. The van der Waals surface area contributed by atoms with Crippen LogP contribution in [0.15, 0.2) is 60.8 Å². The molecule has 2 nitrogen and oxygen atoms in total. The van der Waals surface area contributed by atoms with Crippen LogP contribution in [0.1, 0.15) is 52.8 Å². The molecule has 26 heavy (non-hydrogen) atoms. The summed E-state index contributed by atoms with van der Waals surface area (Å²) in [5.41, 5.74) is 5.77. The van der Waals surface area contributed by atoms with Gasteiger partial charge in [-0.05, 0) is 28.2 Å². The Morgan fingerprint density at radius 3 is 1.88 bits per heavy atom. The van der Waals surface area contributed by atoms with E-state index in [2.05, 4.69) is 90.1 Å². The van der Waals surface area contributed by atoms with Gasteiger partial charge in [0.2, 0.25) is 0 Å². The Labute approximate surface area is 157 Å². The van der Waals surface area contributed by atoms with Crippen molar-refractivity contribution in [1.82, 2.24) is 9.97 Å². The normalized spacial score (nSPS) is 12.2. The van der Waals surface area contributed by atoms with Gasteiger partial charge in [-0.15, -0.1) is 0 Å². The van der Waals surface area contributed by atoms with Gasteiger partial charge in [-0.25, -0.2) is 9.97 Å². The average Bonchev–Trinajstić information content (AvgIpc) is 2.60. The Hall–Kier alpha value is -2.48. The monoisotopic (exact) mass is 344 g/mol. The van der Waals surface area contributed by atoms with Crippen LogP contribution in [0.5, 0.6) is 0 Å². The van der Waals surface area contributed by atoms with Crippen LogP contribution in [0, 0.1) is 0 Å².